The molecule has 0 aliphatic heterocycles. The Balaban J connectivity index is 1.38. The molecule has 1 heterocycles. The highest BCUT2D eigenvalue weighted by molar-refractivity contribution is 6.25. The average Bonchev–Trinajstić information content (AvgIpc) is 3.42. The first-order valence-electron chi connectivity index (χ1n) is 15.1. The van der Waals surface area contributed by atoms with E-state index in [-0.39, 0.29) is 5.56 Å². The molecular formula is C34H33N. The molecule has 35 heavy (non-hydrogen) atoms. The van der Waals surface area contributed by atoms with Crippen molar-refractivity contribution in [2.24, 2.45) is 5.41 Å². The van der Waals surface area contributed by atoms with Gasteiger partial charge in [0.25, 0.3) is 0 Å². The van der Waals surface area contributed by atoms with Crippen LogP contribution in [0.4, 0.5) is 0 Å². The number of hydrogen-bond donors (Lipinski definition) is 0. The van der Waals surface area contributed by atoms with Crippen LogP contribution in [0, 0.1) is 12.3 Å². The first-order chi connectivity index (χ1) is 18.8. The molecule has 174 valence electrons. The van der Waals surface area contributed by atoms with Crippen LogP contribution in [-0.4, -0.2) is 4.98 Å². The summed E-state index contributed by atoms with van der Waals surface area (Å²) in [6.07, 6.45) is 10.1. The molecule has 0 unspecified atom stereocenters. The number of rotatable bonds is 2. The van der Waals surface area contributed by atoms with Gasteiger partial charge in [0.2, 0.25) is 0 Å². The Bertz CT molecular complexity index is 1680. The molecule has 1 nitrogen and oxygen atoms in total. The Morgan fingerprint density at radius 3 is 1.97 bits per heavy atom. The van der Waals surface area contributed by atoms with Gasteiger partial charge in [-0.15, -0.1) is 0 Å². The molecule has 2 fully saturated rings. The Kier molecular flexibility index (Phi) is 4.04. The third kappa shape index (κ3) is 3.47. The standard InChI is InChI=1S/C34H33N/c1-23-22-35-33(21-31(23)24-14-18-34(19-15-24)16-6-7-17-34)25-12-13-30-28-10-3-2-8-26(28)27-9-4-5-11-29(27)32(30)20-25/h2-5,8-13,20-22,24H,6-7,14-19H2,1H3/i1D3,24D. The molecule has 0 N–H and O–H groups in total. The largest absolute Gasteiger partial charge is 0.256 e. The van der Waals surface area contributed by atoms with Crippen molar-refractivity contribution in [2.45, 2.75) is 64.1 Å². The molecule has 0 bridgehead atoms. The van der Waals surface area contributed by atoms with Gasteiger partial charge < -0.3 is 0 Å². The molecule has 2 saturated carbocycles. The van der Waals surface area contributed by atoms with Gasteiger partial charge >= 0.3 is 0 Å². The van der Waals surface area contributed by atoms with Gasteiger partial charge in [-0.05, 0) is 112 Å². The quantitative estimate of drug-likeness (QED) is 0.239. The zero-order chi connectivity index (χ0) is 26.8. The molecule has 4 aromatic carbocycles. The van der Waals surface area contributed by atoms with Crippen LogP contribution >= 0.6 is 0 Å². The smallest absolute Gasteiger partial charge is 0.0705 e. The van der Waals surface area contributed by atoms with Crippen LogP contribution in [0.15, 0.2) is 79.0 Å². The summed E-state index contributed by atoms with van der Waals surface area (Å²) in [6.45, 7) is -2.30. The number of benzene rings is 4. The molecule has 0 saturated heterocycles. The fourth-order valence-electron chi connectivity index (χ4n) is 6.95. The SMILES string of the molecule is [2H]C([2H])([2H])c1cnc(-c2ccc3c4ccccc4c4ccccc4c3c2)cc1C1([2H])CCC2(CCCC2)CC1. The summed E-state index contributed by atoms with van der Waals surface area (Å²) >= 11 is 0. The van der Waals surface area contributed by atoms with Crippen molar-refractivity contribution in [3.63, 3.8) is 0 Å². The van der Waals surface area contributed by atoms with Crippen LogP contribution in [0.3, 0.4) is 0 Å². The third-order valence-corrected chi connectivity index (χ3v) is 8.90. The van der Waals surface area contributed by atoms with E-state index >= 15 is 0 Å². The minimum atomic E-state index is -2.30. The summed E-state index contributed by atoms with van der Waals surface area (Å²) in [6, 6.07) is 25.4. The van der Waals surface area contributed by atoms with E-state index in [4.69, 9.17) is 4.11 Å². The van der Waals surface area contributed by atoms with Gasteiger partial charge in [-0.3, -0.25) is 4.98 Å². The Morgan fingerprint density at radius 2 is 1.34 bits per heavy atom. The van der Waals surface area contributed by atoms with E-state index in [1.807, 2.05) is 6.07 Å². The van der Waals surface area contributed by atoms with Crippen molar-refractivity contribution in [1.29, 1.82) is 0 Å². The summed E-state index contributed by atoms with van der Waals surface area (Å²) in [4.78, 5) is 4.68. The summed E-state index contributed by atoms with van der Waals surface area (Å²) in [5.41, 5.74) is 2.95. The van der Waals surface area contributed by atoms with Gasteiger partial charge in [0.15, 0.2) is 0 Å². The molecule has 2 aliphatic carbocycles. The van der Waals surface area contributed by atoms with Crippen LogP contribution in [0.1, 0.15) is 73.9 Å². The highest BCUT2D eigenvalue weighted by atomic mass is 14.7. The van der Waals surface area contributed by atoms with Crippen molar-refractivity contribution in [3.05, 3.63) is 90.1 Å². The average molecular weight is 460 g/mol. The molecular weight excluding hydrogens is 422 g/mol. The Morgan fingerprint density at radius 1 is 0.743 bits per heavy atom. The minimum absolute atomic E-state index is 0.237. The summed E-state index contributed by atoms with van der Waals surface area (Å²) in [5.74, 6) is -0.894. The van der Waals surface area contributed by atoms with Gasteiger partial charge in [-0.25, -0.2) is 0 Å². The molecule has 0 amide bonds. The van der Waals surface area contributed by atoms with E-state index in [9.17, 15) is 1.37 Å². The van der Waals surface area contributed by atoms with E-state index in [2.05, 4.69) is 71.7 Å². The van der Waals surface area contributed by atoms with Gasteiger partial charge in [0.05, 0.1) is 5.69 Å². The number of nitrogens with zero attached hydrogens (tertiary/aromatic N) is 1. The van der Waals surface area contributed by atoms with Crippen LogP contribution in [0.5, 0.6) is 0 Å². The first-order valence-corrected chi connectivity index (χ1v) is 13.1. The number of pyridine rings is 1. The monoisotopic (exact) mass is 459 g/mol. The second-order valence-electron chi connectivity index (χ2n) is 10.8. The molecule has 0 radical (unpaired) electrons. The van der Waals surface area contributed by atoms with Crippen LogP contribution in [0.25, 0.3) is 43.6 Å². The van der Waals surface area contributed by atoms with Crippen molar-refractivity contribution >= 4 is 32.3 Å². The highest BCUT2D eigenvalue weighted by Gasteiger charge is 2.38. The fraction of sp³-hybridized carbons (Fsp3) is 0.324. The number of hydrogen-bond acceptors (Lipinski definition) is 1. The van der Waals surface area contributed by atoms with Crippen LogP contribution < -0.4 is 0 Å². The van der Waals surface area contributed by atoms with Crippen molar-refractivity contribution in [2.75, 3.05) is 0 Å². The zero-order valence-electron chi connectivity index (χ0n) is 24.1. The molecule has 1 heteroatoms. The molecule has 1 aromatic heterocycles. The Hall–Kier alpha value is -3.19. The highest BCUT2D eigenvalue weighted by Crippen LogP contribution is 2.52. The van der Waals surface area contributed by atoms with Crippen LogP contribution in [-0.2, 0) is 0 Å². The number of fused-ring (bicyclic) bond motifs is 6. The topological polar surface area (TPSA) is 12.9 Å². The summed E-state index contributed by atoms with van der Waals surface area (Å²) in [7, 11) is 0. The predicted molar refractivity (Wildman–Crippen MR) is 149 cm³/mol. The normalized spacial score (nSPS) is 21.1. The number of aromatic nitrogens is 1. The molecule has 7 rings (SSSR count). The lowest BCUT2D eigenvalue weighted by atomic mass is 9.67. The second kappa shape index (κ2) is 8.19. The zero-order valence-corrected chi connectivity index (χ0v) is 20.1. The van der Waals surface area contributed by atoms with Gasteiger partial charge in [0.1, 0.15) is 0 Å². The van der Waals surface area contributed by atoms with E-state index in [0.29, 0.717) is 23.8 Å². The molecule has 2 aliphatic rings. The Labute approximate surface area is 213 Å². The van der Waals surface area contributed by atoms with E-state index in [0.717, 1.165) is 29.5 Å². The van der Waals surface area contributed by atoms with Crippen LogP contribution in [0.2, 0.25) is 0 Å². The fourth-order valence-corrected chi connectivity index (χ4v) is 6.95. The maximum Gasteiger partial charge on any atom is 0.0705 e. The maximum absolute atomic E-state index is 9.54. The molecule has 1 spiro atoms. The predicted octanol–water partition coefficient (Wildman–Crippen LogP) is 9.73. The van der Waals surface area contributed by atoms with Crippen molar-refractivity contribution in [1.82, 2.24) is 4.98 Å². The second-order valence-corrected chi connectivity index (χ2v) is 10.8. The van der Waals surface area contributed by atoms with Gasteiger partial charge in [-0.1, -0.05) is 73.5 Å². The summed E-state index contributed by atoms with van der Waals surface area (Å²) < 4.78 is 34.3. The van der Waals surface area contributed by atoms with E-state index in [1.54, 1.807) is 0 Å². The summed E-state index contributed by atoms with van der Waals surface area (Å²) in [5, 5.41) is 7.22. The lowest BCUT2D eigenvalue weighted by Gasteiger charge is -2.38. The number of aryl methyl sites for hydroxylation is 1. The lowest BCUT2D eigenvalue weighted by Crippen LogP contribution is -2.24. The van der Waals surface area contributed by atoms with Crippen molar-refractivity contribution in [3.8, 4) is 11.3 Å². The molecule has 0 atom stereocenters. The maximum atomic E-state index is 9.54. The van der Waals surface area contributed by atoms with Gasteiger partial charge in [-0.2, -0.15) is 0 Å². The van der Waals surface area contributed by atoms with E-state index in [1.165, 1.54) is 58.8 Å². The first kappa shape index (κ1) is 17.3. The third-order valence-electron chi connectivity index (χ3n) is 8.90. The van der Waals surface area contributed by atoms with Gasteiger partial charge in [0, 0.05) is 17.2 Å². The molecule has 5 aromatic rings. The van der Waals surface area contributed by atoms with E-state index < -0.39 is 12.7 Å². The minimum Gasteiger partial charge on any atom is -0.256 e. The lowest BCUT2D eigenvalue weighted by molar-refractivity contribution is 0.181. The van der Waals surface area contributed by atoms with Crippen molar-refractivity contribution < 1.29 is 5.48 Å².